The van der Waals surface area contributed by atoms with Gasteiger partial charge in [0.2, 0.25) is 0 Å². The highest BCUT2D eigenvalue weighted by atomic mass is 16.5. The number of ether oxygens (including phenoxy) is 1. The summed E-state index contributed by atoms with van der Waals surface area (Å²) in [6.45, 7) is 5.96. The molecule has 4 rings (SSSR count). The van der Waals surface area contributed by atoms with Gasteiger partial charge in [-0.25, -0.2) is 4.79 Å². The summed E-state index contributed by atoms with van der Waals surface area (Å²) < 4.78 is 7.45. The van der Waals surface area contributed by atoms with Crippen LogP contribution in [0.3, 0.4) is 0 Å². The summed E-state index contributed by atoms with van der Waals surface area (Å²) in [6.07, 6.45) is 6.35. The van der Waals surface area contributed by atoms with E-state index >= 15 is 0 Å². The zero-order valence-corrected chi connectivity index (χ0v) is 19.0. The molecule has 7 nitrogen and oxygen atoms in total. The van der Waals surface area contributed by atoms with Crippen LogP contribution in [0.15, 0.2) is 36.5 Å². The predicted molar refractivity (Wildman–Crippen MR) is 121 cm³/mol. The average molecular weight is 426 g/mol. The van der Waals surface area contributed by atoms with Crippen molar-refractivity contribution in [2.24, 2.45) is 12.5 Å². The van der Waals surface area contributed by atoms with Crippen molar-refractivity contribution in [1.82, 2.24) is 24.9 Å². The lowest BCUT2D eigenvalue weighted by Gasteiger charge is -2.43. The maximum absolute atomic E-state index is 13.4. The molecular formula is C24H35N5O2. The number of carbonyl (C=O) groups is 1. The van der Waals surface area contributed by atoms with Gasteiger partial charge in [-0.05, 0) is 63.0 Å². The van der Waals surface area contributed by atoms with Gasteiger partial charge in [0.25, 0.3) is 0 Å². The Balaban J connectivity index is 1.44. The molecule has 168 valence electrons. The third-order valence-electron chi connectivity index (χ3n) is 6.55. The van der Waals surface area contributed by atoms with Crippen LogP contribution in [0.5, 0.6) is 5.75 Å². The summed E-state index contributed by atoms with van der Waals surface area (Å²) in [7, 11) is 4.10. The van der Waals surface area contributed by atoms with Crippen LogP contribution in [0.4, 0.5) is 4.79 Å². The van der Waals surface area contributed by atoms with E-state index in [4.69, 9.17) is 4.74 Å². The Labute approximate surface area is 185 Å². The predicted octanol–water partition coefficient (Wildman–Crippen LogP) is 3.41. The third-order valence-corrected chi connectivity index (χ3v) is 6.55. The molecule has 1 N–H and O–H groups in total. The minimum Gasteiger partial charge on any atom is -0.494 e. The molecule has 2 fully saturated rings. The molecule has 1 spiro atoms. The van der Waals surface area contributed by atoms with E-state index in [2.05, 4.69) is 29.3 Å². The van der Waals surface area contributed by atoms with Gasteiger partial charge in [-0.15, -0.1) is 0 Å². The smallest absolute Gasteiger partial charge is 0.318 e. The van der Waals surface area contributed by atoms with Gasteiger partial charge < -0.3 is 19.9 Å². The third kappa shape index (κ3) is 5.21. The monoisotopic (exact) mass is 425 g/mol. The zero-order valence-electron chi connectivity index (χ0n) is 19.0. The molecule has 1 saturated carbocycles. The van der Waals surface area contributed by atoms with E-state index in [0.29, 0.717) is 13.1 Å². The van der Waals surface area contributed by atoms with Gasteiger partial charge in [0.05, 0.1) is 18.8 Å². The number of likely N-dealkylation sites (tertiary alicyclic amines) is 1. The lowest BCUT2D eigenvalue weighted by molar-refractivity contribution is 0.0669. The molecule has 1 atom stereocenters. The second-order valence-electron chi connectivity index (χ2n) is 9.16. The van der Waals surface area contributed by atoms with Crippen LogP contribution in [-0.4, -0.2) is 58.4 Å². The molecule has 1 saturated heterocycles. The molecule has 31 heavy (non-hydrogen) atoms. The number of aromatic nitrogens is 2. The number of urea groups is 1. The fraction of sp³-hybridized carbons (Fsp3) is 0.583. The van der Waals surface area contributed by atoms with Gasteiger partial charge in [-0.1, -0.05) is 19.1 Å². The summed E-state index contributed by atoms with van der Waals surface area (Å²) in [5.41, 5.74) is 2.25. The van der Waals surface area contributed by atoms with Crippen molar-refractivity contribution < 1.29 is 9.53 Å². The standard InChI is InChI=1S/C24H35N5O2/c1-4-15-31-21-7-5-19(6-8-21)16-25-23(30)29(17-20-9-14-28(3)26-20)22-10-13-27(2)18-24(22)11-12-24/h5-9,14,22H,4,10-13,15-18H2,1-3H3,(H,25,30). The number of nitrogens with one attached hydrogen (secondary N) is 1. The number of carbonyl (C=O) groups excluding carboxylic acids is 1. The first-order valence-corrected chi connectivity index (χ1v) is 11.4. The molecule has 1 aliphatic carbocycles. The molecule has 0 bridgehead atoms. The van der Waals surface area contributed by atoms with Gasteiger partial charge in [-0.3, -0.25) is 4.68 Å². The summed E-state index contributed by atoms with van der Waals surface area (Å²) in [4.78, 5) is 17.8. The summed E-state index contributed by atoms with van der Waals surface area (Å²) in [5.74, 6) is 0.871. The fourth-order valence-electron chi connectivity index (χ4n) is 4.76. The Morgan fingerprint density at radius 2 is 2.03 bits per heavy atom. The highest BCUT2D eigenvalue weighted by Gasteiger charge is 2.54. The van der Waals surface area contributed by atoms with Gasteiger partial charge in [0.15, 0.2) is 0 Å². The number of aryl methyl sites for hydroxylation is 1. The number of hydrogen-bond acceptors (Lipinski definition) is 4. The lowest BCUT2D eigenvalue weighted by Crippen LogP contribution is -2.55. The van der Waals surface area contributed by atoms with Crippen molar-refractivity contribution in [3.63, 3.8) is 0 Å². The first-order valence-electron chi connectivity index (χ1n) is 11.4. The van der Waals surface area contributed by atoms with Crippen LogP contribution < -0.4 is 10.1 Å². The van der Waals surface area contributed by atoms with Gasteiger partial charge >= 0.3 is 6.03 Å². The van der Waals surface area contributed by atoms with E-state index in [1.165, 1.54) is 12.8 Å². The molecule has 0 radical (unpaired) electrons. The van der Waals surface area contributed by atoms with Crippen LogP contribution in [0.1, 0.15) is 43.9 Å². The molecule has 1 aromatic carbocycles. The molecule has 2 amide bonds. The van der Waals surface area contributed by atoms with Crippen molar-refractivity contribution in [2.45, 2.75) is 51.7 Å². The molecule has 2 aromatic rings. The Morgan fingerprint density at radius 3 is 2.68 bits per heavy atom. The number of hydrogen-bond donors (Lipinski definition) is 1. The van der Waals surface area contributed by atoms with Crippen LogP contribution in [-0.2, 0) is 20.1 Å². The highest BCUT2D eigenvalue weighted by Crippen LogP contribution is 2.54. The molecule has 2 heterocycles. The van der Waals surface area contributed by atoms with E-state index in [9.17, 15) is 4.79 Å². The number of amides is 2. The summed E-state index contributed by atoms with van der Waals surface area (Å²) in [6, 6.07) is 10.2. The number of benzene rings is 1. The Kier molecular flexibility index (Phi) is 6.51. The lowest BCUT2D eigenvalue weighted by atomic mass is 9.88. The maximum Gasteiger partial charge on any atom is 0.318 e. The van der Waals surface area contributed by atoms with E-state index in [-0.39, 0.29) is 17.5 Å². The molecule has 7 heteroatoms. The first kappa shape index (κ1) is 21.7. The zero-order chi connectivity index (χ0) is 21.8. The van der Waals surface area contributed by atoms with E-state index in [0.717, 1.165) is 49.5 Å². The Morgan fingerprint density at radius 1 is 1.26 bits per heavy atom. The minimum absolute atomic E-state index is 0.00205. The molecule has 1 unspecified atom stereocenters. The van der Waals surface area contributed by atoms with Crippen LogP contribution in [0.2, 0.25) is 0 Å². The number of nitrogens with zero attached hydrogens (tertiary/aromatic N) is 4. The van der Waals surface area contributed by atoms with Crippen molar-refractivity contribution in [2.75, 3.05) is 26.7 Å². The Hall–Kier alpha value is -2.54. The SMILES string of the molecule is CCCOc1ccc(CNC(=O)N(Cc2ccn(C)n2)C2CCN(C)CC23CC3)cc1. The van der Waals surface area contributed by atoms with Crippen LogP contribution in [0.25, 0.3) is 0 Å². The van der Waals surface area contributed by atoms with Gasteiger partial charge in [0.1, 0.15) is 5.75 Å². The maximum atomic E-state index is 13.4. The quantitative estimate of drug-likeness (QED) is 0.704. The van der Waals surface area contributed by atoms with Crippen LogP contribution in [0, 0.1) is 5.41 Å². The van der Waals surface area contributed by atoms with E-state index in [1.54, 1.807) is 4.68 Å². The van der Waals surface area contributed by atoms with Crippen molar-refractivity contribution in [1.29, 1.82) is 0 Å². The largest absolute Gasteiger partial charge is 0.494 e. The minimum atomic E-state index is -0.00205. The molecule has 1 aromatic heterocycles. The normalized spacial score (nSPS) is 19.9. The first-order chi connectivity index (χ1) is 15.0. The van der Waals surface area contributed by atoms with E-state index < -0.39 is 0 Å². The second kappa shape index (κ2) is 9.30. The van der Waals surface area contributed by atoms with Crippen molar-refractivity contribution in [3.8, 4) is 5.75 Å². The topological polar surface area (TPSA) is 62.6 Å². The number of piperidine rings is 1. The Bertz CT molecular complexity index is 874. The molecule has 2 aliphatic rings. The average Bonchev–Trinajstić information content (AvgIpc) is 3.39. The fourth-order valence-corrected chi connectivity index (χ4v) is 4.76. The van der Waals surface area contributed by atoms with Crippen LogP contribution >= 0.6 is 0 Å². The molecule has 1 aliphatic heterocycles. The van der Waals surface area contributed by atoms with Crippen molar-refractivity contribution >= 4 is 6.03 Å². The van der Waals surface area contributed by atoms with Gasteiger partial charge in [-0.2, -0.15) is 5.10 Å². The van der Waals surface area contributed by atoms with E-state index in [1.807, 2.05) is 48.5 Å². The number of rotatable bonds is 8. The van der Waals surface area contributed by atoms with Crippen molar-refractivity contribution in [3.05, 3.63) is 47.8 Å². The molecular weight excluding hydrogens is 390 g/mol. The van der Waals surface area contributed by atoms with Gasteiger partial charge in [0, 0.05) is 37.8 Å². The summed E-state index contributed by atoms with van der Waals surface area (Å²) in [5, 5.41) is 7.69. The highest BCUT2D eigenvalue weighted by molar-refractivity contribution is 5.74. The summed E-state index contributed by atoms with van der Waals surface area (Å²) >= 11 is 0. The second-order valence-corrected chi connectivity index (χ2v) is 9.16.